The number of aromatic nitrogens is 4. The number of ether oxygens (including phenoxy) is 1. The highest BCUT2D eigenvalue weighted by molar-refractivity contribution is 6.35. The normalized spacial score (nSPS) is 13.9. The summed E-state index contributed by atoms with van der Waals surface area (Å²) in [5.41, 5.74) is 10.5. The number of benzene rings is 2. The molecule has 1 aliphatic heterocycles. The van der Waals surface area contributed by atoms with Crippen molar-refractivity contribution >= 4 is 40.8 Å². The molecule has 0 radical (unpaired) electrons. The van der Waals surface area contributed by atoms with Crippen LogP contribution in [0.15, 0.2) is 91.5 Å². The minimum Gasteiger partial charge on any atom is -0.477 e. The third-order valence-electron chi connectivity index (χ3n) is 6.96. The van der Waals surface area contributed by atoms with Gasteiger partial charge in [-0.3, -0.25) is 9.88 Å². The number of nitrogens with zero attached hydrogens (tertiary/aromatic N) is 4. The van der Waals surface area contributed by atoms with Crippen LogP contribution in [0.1, 0.15) is 22.1 Å². The number of carboxylic acids is 1. The lowest BCUT2D eigenvalue weighted by molar-refractivity contribution is 0.0178. The van der Waals surface area contributed by atoms with Crippen molar-refractivity contribution in [1.29, 1.82) is 0 Å². The number of morpholine rings is 1. The van der Waals surface area contributed by atoms with Crippen LogP contribution in [0.5, 0.6) is 0 Å². The molecule has 1 saturated heterocycles. The summed E-state index contributed by atoms with van der Waals surface area (Å²) in [5, 5.41) is 13.3. The van der Waals surface area contributed by atoms with Crippen LogP contribution >= 0.6 is 23.2 Å². The summed E-state index contributed by atoms with van der Waals surface area (Å²) in [7, 11) is 0. The van der Waals surface area contributed by atoms with E-state index in [4.69, 9.17) is 33.7 Å². The van der Waals surface area contributed by atoms with Crippen LogP contribution in [0.3, 0.4) is 0 Å². The van der Waals surface area contributed by atoms with Gasteiger partial charge in [-0.15, -0.1) is 0 Å². The van der Waals surface area contributed by atoms with Crippen molar-refractivity contribution in [2.24, 2.45) is 5.73 Å². The van der Waals surface area contributed by atoms with Gasteiger partial charge in [0.1, 0.15) is 5.69 Å². The Labute approximate surface area is 264 Å². The number of hydrogen-bond acceptors (Lipinski definition) is 8. The molecule has 2 aromatic carbocycles. The molecule has 5 N–H and O–H groups in total. The van der Waals surface area contributed by atoms with Crippen LogP contribution < -0.4 is 11.1 Å². The molecule has 0 bridgehead atoms. The number of H-pyrrole nitrogens is 1. The van der Waals surface area contributed by atoms with Gasteiger partial charge in [-0.1, -0.05) is 47.5 Å². The van der Waals surface area contributed by atoms with Crippen molar-refractivity contribution in [2.75, 3.05) is 38.2 Å². The molecule has 1 fully saturated rings. The van der Waals surface area contributed by atoms with Crippen LogP contribution in [0.2, 0.25) is 10.0 Å². The largest absolute Gasteiger partial charge is 0.477 e. The summed E-state index contributed by atoms with van der Waals surface area (Å²) in [5.74, 6) is -0.679. The first-order chi connectivity index (χ1) is 21.4. The van der Waals surface area contributed by atoms with Gasteiger partial charge in [0.25, 0.3) is 0 Å². The molecule has 1 aliphatic rings. The summed E-state index contributed by atoms with van der Waals surface area (Å²) in [4.78, 5) is 29.6. The monoisotopic (exact) mass is 631 g/mol. The van der Waals surface area contributed by atoms with Crippen molar-refractivity contribution in [3.8, 4) is 22.4 Å². The number of aromatic carboxylic acids is 1. The summed E-state index contributed by atoms with van der Waals surface area (Å²) in [6, 6.07) is 20.5. The SMILES string of the molecule is NCC(c1cccnc1)N1CCOCC1.O=C(O)c1cc(-c2nc(Nc3ccccc3)ncc2-c2cc(Cl)cc(Cl)c2)c[nH]1. The van der Waals surface area contributed by atoms with Gasteiger partial charge in [0, 0.05) is 77.3 Å². The zero-order valence-corrected chi connectivity index (χ0v) is 25.2. The zero-order chi connectivity index (χ0) is 30.9. The fraction of sp³-hybridized carbons (Fsp3) is 0.188. The fourth-order valence-electron chi connectivity index (χ4n) is 4.85. The number of nitrogens with one attached hydrogen (secondary N) is 2. The molecule has 44 heavy (non-hydrogen) atoms. The van der Waals surface area contributed by atoms with Crippen LogP contribution in [-0.4, -0.2) is 68.8 Å². The molecule has 3 aromatic heterocycles. The lowest BCUT2D eigenvalue weighted by Crippen LogP contribution is -2.41. The molecule has 0 amide bonds. The molecule has 5 aromatic rings. The number of carboxylic acid groups (broad SMARTS) is 1. The number of aromatic amines is 1. The average molecular weight is 633 g/mol. The second-order valence-corrected chi connectivity index (χ2v) is 10.8. The van der Waals surface area contributed by atoms with Gasteiger partial charge in [-0.05, 0) is 53.6 Å². The maximum absolute atomic E-state index is 11.3. The van der Waals surface area contributed by atoms with Crippen LogP contribution in [0.25, 0.3) is 22.4 Å². The van der Waals surface area contributed by atoms with Crippen molar-refractivity contribution in [3.63, 3.8) is 0 Å². The minimum atomic E-state index is -1.06. The second kappa shape index (κ2) is 14.9. The van der Waals surface area contributed by atoms with Gasteiger partial charge >= 0.3 is 5.97 Å². The first-order valence-electron chi connectivity index (χ1n) is 13.9. The van der Waals surface area contributed by atoms with Gasteiger partial charge in [-0.2, -0.15) is 0 Å². The lowest BCUT2D eigenvalue weighted by atomic mass is 10.0. The highest BCUT2D eigenvalue weighted by Crippen LogP contribution is 2.34. The van der Waals surface area contributed by atoms with E-state index in [1.807, 2.05) is 42.6 Å². The molecule has 0 saturated carbocycles. The van der Waals surface area contributed by atoms with Gasteiger partial charge in [0.2, 0.25) is 5.95 Å². The van der Waals surface area contributed by atoms with E-state index in [1.165, 1.54) is 11.6 Å². The fourth-order valence-corrected chi connectivity index (χ4v) is 5.37. The van der Waals surface area contributed by atoms with E-state index >= 15 is 0 Å². The molecule has 4 heterocycles. The van der Waals surface area contributed by atoms with E-state index < -0.39 is 5.97 Å². The number of halogens is 2. The molecule has 12 heteroatoms. The lowest BCUT2D eigenvalue weighted by Gasteiger charge is -2.33. The summed E-state index contributed by atoms with van der Waals surface area (Å²) >= 11 is 12.3. The zero-order valence-electron chi connectivity index (χ0n) is 23.7. The van der Waals surface area contributed by atoms with Gasteiger partial charge < -0.3 is 25.9 Å². The summed E-state index contributed by atoms with van der Waals surface area (Å²) < 4.78 is 5.33. The molecule has 6 rings (SSSR count). The first kappa shape index (κ1) is 31.1. The van der Waals surface area contributed by atoms with E-state index in [-0.39, 0.29) is 11.7 Å². The number of rotatable bonds is 8. The summed E-state index contributed by atoms with van der Waals surface area (Å²) in [6.07, 6.45) is 6.93. The highest BCUT2D eigenvalue weighted by Gasteiger charge is 2.21. The quantitative estimate of drug-likeness (QED) is 0.155. The smallest absolute Gasteiger partial charge is 0.352 e. The number of para-hydroxylation sites is 1. The molecule has 10 nitrogen and oxygen atoms in total. The Kier molecular flexibility index (Phi) is 10.5. The van der Waals surface area contributed by atoms with Crippen molar-refractivity contribution in [2.45, 2.75) is 6.04 Å². The maximum Gasteiger partial charge on any atom is 0.352 e. The minimum absolute atomic E-state index is 0.0613. The molecular formula is C32H31Cl2N7O3. The van der Waals surface area contributed by atoms with Crippen LogP contribution in [-0.2, 0) is 4.74 Å². The third-order valence-corrected chi connectivity index (χ3v) is 7.39. The Balaban J connectivity index is 0.000000215. The van der Waals surface area contributed by atoms with Gasteiger partial charge in [0.15, 0.2) is 0 Å². The predicted octanol–water partition coefficient (Wildman–Crippen LogP) is 6.30. The molecule has 0 spiro atoms. The maximum atomic E-state index is 11.3. The predicted molar refractivity (Wildman–Crippen MR) is 172 cm³/mol. The molecular weight excluding hydrogens is 601 g/mol. The Bertz CT molecular complexity index is 1660. The van der Waals surface area contributed by atoms with Crippen molar-refractivity contribution < 1.29 is 14.6 Å². The van der Waals surface area contributed by atoms with Crippen molar-refractivity contribution in [3.05, 3.63) is 113 Å². The Morgan fingerprint density at radius 1 is 1.02 bits per heavy atom. The number of anilines is 2. The molecule has 0 aliphatic carbocycles. The Morgan fingerprint density at radius 2 is 1.77 bits per heavy atom. The third kappa shape index (κ3) is 7.98. The Hall–Kier alpha value is -4.32. The highest BCUT2D eigenvalue weighted by atomic mass is 35.5. The number of hydrogen-bond donors (Lipinski definition) is 4. The van der Waals surface area contributed by atoms with Gasteiger partial charge in [0.05, 0.1) is 18.9 Å². The van der Waals surface area contributed by atoms with Gasteiger partial charge in [-0.25, -0.2) is 14.8 Å². The molecule has 1 unspecified atom stereocenters. The number of nitrogens with two attached hydrogens (primary N) is 1. The Morgan fingerprint density at radius 3 is 2.41 bits per heavy atom. The van der Waals surface area contributed by atoms with Crippen molar-refractivity contribution in [1.82, 2.24) is 24.8 Å². The molecule has 226 valence electrons. The van der Waals surface area contributed by atoms with E-state index in [0.717, 1.165) is 37.6 Å². The second-order valence-electron chi connectivity index (χ2n) is 9.90. The van der Waals surface area contributed by atoms with E-state index in [0.29, 0.717) is 39.4 Å². The number of carbonyl (C=O) groups is 1. The van der Waals surface area contributed by atoms with E-state index in [1.54, 1.807) is 36.8 Å². The van der Waals surface area contributed by atoms with Crippen LogP contribution in [0.4, 0.5) is 11.6 Å². The first-order valence-corrected chi connectivity index (χ1v) is 14.7. The number of pyridine rings is 1. The topological polar surface area (TPSA) is 142 Å². The standard InChI is InChI=1S/C21H14Cl2N4O2.C11H17N3O/c22-14-6-12(7-15(23)9-14)17-11-25-21(26-16-4-2-1-3-5-16)27-19(17)13-8-18(20(28)29)24-10-13;12-8-11(10-2-1-3-13-9-10)14-4-6-15-7-5-14/h1-11,24H,(H,28,29)(H,25,26,27);1-3,9,11H,4-8,12H2. The summed E-state index contributed by atoms with van der Waals surface area (Å²) in [6.45, 7) is 4.15. The van der Waals surface area contributed by atoms with E-state index in [9.17, 15) is 9.90 Å². The average Bonchev–Trinajstić information content (AvgIpc) is 3.54. The molecule has 1 atom stereocenters. The van der Waals surface area contributed by atoms with E-state index in [2.05, 4.69) is 36.2 Å². The van der Waals surface area contributed by atoms with Crippen LogP contribution in [0, 0.1) is 0 Å².